The van der Waals surface area contributed by atoms with Crippen LogP contribution in [0.15, 0.2) is 12.3 Å². The van der Waals surface area contributed by atoms with Gasteiger partial charge in [0.1, 0.15) is 28.4 Å². The quantitative estimate of drug-likeness (QED) is 0.794. The molecule has 0 unspecified atom stereocenters. The number of aryl methyl sites for hydroxylation is 1. The van der Waals surface area contributed by atoms with Gasteiger partial charge in [-0.05, 0) is 32.9 Å². The van der Waals surface area contributed by atoms with Crippen molar-refractivity contribution in [2.75, 3.05) is 23.7 Å². The number of thiazole rings is 1. The summed E-state index contributed by atoms with van der Waals surface area (Å²) in [5, 5.41) is 19.4. The predicted molar refractivity (Wildman–Crippen MR) is 86.4 cm³/mol. The highest BCUT2D eigenvalue weighted by atomic mass is 32.1. The molecule has 1 aliphatic heterocycles. The Labute approximate surface area is 132 Å². The van der Waals surface area contributed by atoms with Crippen LogP contribution >= 0.6 is 11.3 Å². The summed E-state index contributed by atoms with van der Waals surface area (Å²) in [7, 11) is 0. The molecular weight excluding hydrogens is 298 g/mol. The zero-order valence-electron chi connectivity index (χ0n) is 12.3. The zero-order chi connectivity index (χ0) is 15.4. The van der Waals surface area contributed by atoms with Gasteiger partial charge in [-0.15, -0.1) is 0 Å². The van der Waals surface area contributed by atoms with Gasteiger partial charge in [-0.2, -0.15) is 5.26 Å². The van der Waals surface area contributed by atoms with Crippen LogP contribution in [0.5, 0.6) is 0 Å². The highest BCUT2D eigenvalue weighted by Crippen LogP contribution is 2.22. The van der Waals surface area contributed by atoms with Gasteiger partial charge < -0.3 is 16.0 Å². The number of nitrogens with zero attached hydrogens (tertiary/aromatic N) is 4. The summed E-state index contributed by atoms with van der Waals surface area (Å²) in [5.41, 5.74) is 0. The summed E-state index contributed by atoms with van der Waals surface area (Å²) < 4.78 is 0. The van der Waals surface area contributed by atoms with Crippen molar-refractivity contribution in [1.29, 1.82) is 5.26 Å². The molecule has 1 fully saturated rings. The van der Waals surface area contributed by atoms with Crippen molar-refractivity contribution >= 4 is 28.1 Å². The van der Waals surface area contributed by atoms with Crippen LogP contribution in [-0.2, 0) is 0 Å². The zero-order valence-corrected chi connectivity index (χ0v) is 13.1. The molecule has 3 N–H and O–H groups in total. The van der Waals surface area contributed by atoms with Crippen LogP contribution < -0.4 is 16.0 Å². The summed E-state index contributed by atoms with van der Waals surface area (Å²) in [5.74, 6) is 2.19. The molecule has 22 heavy (non-hydrogen) atoms. The Morgan fingerprint density at radius 3 is 2.82 bits per heavy atom. The van der Waals surface area contributed by atoms with Gasteiger partial charge in [0.25, 0.3) is 0 Å². The maximum Gasteiger partial charge on any atom is 0.189 e. The van der Waals surface area contributed by atoms with Gasteiger partial charge in [-0.1, -0.05) is 11.3 Å². The maximum atomic E-state index is 8.84. The summed E-state index contributed by atoms with van der Waals surface area (Å²) in [6.07, 6.45) is 3.73. The SMILES string of the molecule is Cc1nc(Nc2ncc(C#N)s2)cc(NC2CCNCC2)n1. The second-order valence-electron chi connectivity index (χ2n) is 5.12. The van der Waals surface area contributed by atoms with E-state index < -0.39 is 0 Å². The lowest BCUT2D eigenvalue weighted by Gasteiger charge is -2.24. The molecule has 8 heteroatoms. The second-order valence-corrected chi connectivity index (χ2v) is 6.15. The van der Waals surface area contributed by atoms with Crippen molar-refractivity contribution in [2.45, 2.75) is 25.8 Å². The Balaban J connectivity index is 1.72. The fourth-order valence-corrected chi connectivity index (χ4v) is 2.99. The minimum Gasteiger partial charge on any atom is -0.367 e. The Morgan fingerprint density at radius 2 is 2.09 bits per heavy atom. The first kappa shape index (κ1) is 14.7. The average Bonchev–Trinajstić information content (AvgIpc) is 2.95. The average molecular weight is 315 g/mol. The molecule has 0 aliphatic carbocycles. The molecule has 7 nitrogen and oxygen atoms in total. The lowest BCUT2D eigenvalue weighted by atomic mass is 10.1. The van der Waals surface area contributed by atoms with Crippen LogP contribution in [-0.4, -0.2) is 34.1 Å². The molecule has 0 atom stereocenters. The number of nitriles is 1. The molecule has 114 valence electrons. The smallest absolute Gasteiger partial charge is 0.189 e. The normalized spacial score (nSPS) is 15.3. The molecule has 1 saturated heterocycles. The van der Waals surface area contributed by atoms with Crippen LogP contribution in [0.2, 0.25) is 0 Å². The molecule has 0 radical (unpaired) electrons. The van der Waals surface area contributed by atoms with Gasteiger partial charge in [0.2, 0.25) is 0 Å². The largest absolute Gasteiger partial charge is 0.367 e. The van der Waals surface area contributed by atoms with E-state index >= 15 is 0 Å². The molecule has 0 bridgehead atoms. The number of piperidine rings is 1. The molecule has 3 rings (SSSR count). The van der Waals surface area contributed by atoms with E-state index in [0.717, 1.165) is 31.7 Å². The number of rotatable bonds is 4. The van der Waals surface area contributed by atoms with Crippen molar-refractivity contribution in [1.82, 2.24) is 20.3 Å². The molecule has 2 aromatic heterocycles. The van der Waals surface area contributed by atoms with E-state index in [1.807, 2.05) is 13.0 Å². The monoisotopic (exact) mass is 315 g/mol. The van der Waals surface area contributed by atoms with Gasteiger partial charge in [0.15, 0.2) is 5.13 Å². The Hall–Kier alpha value is -2.24. The van der Waals surface area contributed by atoms with Crippen molar-refractivity contribution < 1.29 is 0 Å². The number of aromatic nitrogens is 3. The van der Waals surface area contributed by atoms with Gasteiger partial charge >= 0.3 is 0 Å². The maximum absolute atomic E-state index is 8.84. The molecule has 1 aliphatic rings. The second kappa shape index (κ2) is 6.68. The Morgan fingerprint density at radius 1 is 1.32 bits per heavy atom. The van der Waals surface area contributed by atoms with Crippen molar-refractivity contribution in [3.05, 3.63) is 23.0 Å². The van der Waals surface area contributed by atoms with Gasteiger partial charge in [-0.3, -0.25) is 0 Å². The third-order valence-corrected chi connectivity index (χ3v) is 4.20. The first-order valence-corrected chi connectivity index (χ1v) is 8.00. The molecule has 0 aromatic carbocycles. The van der Waals surface area contributed by atoms with Crippen molar-refractivity contribution in [2.24, 2.45) is 0 Å². The van der Waals surface area contributed by atoms with Gasteiger partial charge in [0, 0.05) is 12.1 Å². The van der Waals surface area contributed by atoms with E-state index in [1.54, 1.807) is 6.20 Å². The summed E-state index contributed by atoms with van der Waals surface area (Å²) in [6.45, 7) is 3.92. The van der Waals surface area contributed by atoms with E-state index in [9.17, 15) is 0 Å². The van der Waals surface area contributed by atoms with E-state index in [0.29, 0.717) is 27.7 Å². The molecule has 0 amide bonds. The van der Waals surface area contributed by atoms with Crippen LogP contribution in [0.25, 0.3) is 0 Å². The van der Waals surface area contributed by atoms with Crippen molar-refractivity contribution in [3.63, 3.8) is 0 Å². The highest BCUT2D eigenvalue weighted by Gasteiger charge is 2.14. The van der Waals surface area contributed by atoms with Crippen LogP contribution in [0, 0.1) is 18.3 Å². The number of hydrogen-bond donors (Lipinski definition) is 3. The van der Waals surface area contributed by atoms with Gasteiger partial charge in [-0.25, -0.2) is 15.0 Å². The third kappa shape index (κ3) is 3.69. The molecule has 0 spiro atoms. The first-order chi connectivity index (χ1) is 10.7. The number of anilines is 3. The van der Waals surface area contributed by atoms with E-state index in [-0.39, 0.29) is 0 Å². The van der Waals surface area contributed by atoms with Gasteiger partial charge in [0.05, 0.1) is 6.20 Å². The van der Waals surface area contributed by atoms with Crippen LogP contribution in [0.1, 0.15) is 23.5 Å². The molecular formula is C14H17N7S. The predicted octanol–water partition coefficient (Wildman–Crippen LogP) is 2.02. The standard InChI is InChI=1S/C14H17N7S/c1-9-18-12(20-10-2-4-16-5-3-10)6-13(19-9)21-14-17-8-11(7-15)22-14/h6,8,10,16H,2-5H2,1H3,(H2,17,18,19,20,21). The summed E-state index contributed by atoms with van der Waals surface area (Å²) in [6, 6.07) is 4.39. The Bertz CT molecular complexity index is 685. The van der Waals surface area contributed by atoms with E-state index in [1.165, 1.54) is 11.3 Å². The number of nitrogens with one attached hydrogen (secondary N) is 3. The lowest BCUT2D eigenvalue weighted by Crippen LogP contribution is -2.35. The number of hydrogen-bond acceptors (Lipinski definition) is 8. The summed E-state index contributed by atoms with van der Waals surface area (Å²) in [4.78, 5) is 13.5. The first-order valence-electron chi connectivity index (χ1n) is 7.19. The molecule has 2 aromatic rings. The highest BCUT2D eigenvalue weighted by molar-refractivity contribution is 7.16. The fourth-order valence-electron chi connectivity index (χ4n) is 2.37. The van der Waals surface area contributed by atoms with E-state index in [4.69, 9.17) is 5.26 Å². The third-order valence-electron chi connectivity index (χ3n) is 3.38. The topological polar surface area (TPSA) is 98.5 Å². The Kier molecular flexibility index (Phi) is 4.46. The minimum atomic E-state index is 0.438. The minimum absolute atomic E-state index is 0.438. The molecule has 3 heterocycles. The van der Waals surface area contributed by atoms with Crippen LogP contribution in [0.4, 0.5) is 16.8 Å². The lowest BCUT2D eigenvalue weighted by molar-refractivity contribution is 0.478. The molecule has 0 saturated carbocycles. The fraction of sp³-hybridized carbons (Fsp3) is 0.429. The van der Waals surface area contributed by atoms with Crippen LogP contribution in [0.3, 0.4) is 0 Å². The summed E-state index contributed by atoms with van der Waals surface area (Å²) >= 11 is 1.30. The van der Waals surface area contributed by atoms with E-state index in [2.05, 4.69) is 37.0 Å². The van der Waals surface area contributed by atoms with Crippen molar-refractivity contribution in [3.8, 4) is 6.07 Å².